The smallest absolute Gasteiger partial charge is 0.249 e. The van der Waals surface area contributed by atoms with Crippen LogP contribution in [0.25, 0.3) is 11.4 Å². The van der Waals surface area contributed by atoms with Crippen LogP contribution in [0.2, 0.25) is 0 Å². The topological polar surface area (TPSA) is 95.7 Å². The van der Waals surface area contributed by atoms with E-state index in [2.05, 4.69) is 15.5 Å². The Morgan fingerprint density at radius 1 is 1.03 bits per heavy atom. The Labute approximate surface area is 187 Å². The van der Waals surface area contributed by atoms with Crippen LogP contribution < -0.4 is 19.5 Å². The van der Waals surface area contributed by atoms with Gasteiger partial charge in [-0.1, -0.05) is 49.3 Å². The maximum atomic E-state index is 12.5. The van der Waals surface area contributed by atoms with Crippen molar-refractivity contribution in [1.82, 2.24) is 15.5 Å². The summed E-state index contributed by atoms with van der Waals surface area (Å²) in [6.07, 6.45) is 0.945. The van der Waals surface area contributed by atoms with Gasteiger partial charge in [-0.3, -0.25) is 4.79 Å². The summed E-state index contributed by atoms with van der Waals surface area (Å²) >= 11 is 0. The van der Waals surface area contributed by atoms with E-state index in [4.69, 9.17) is 18.7 Å². The highest BCUT2D eigenvalue weighted by Crippen LogP contribution is 2.40. The van der Waals surface area contributed by atoms with Gasteiger partial charge in [0.1, 0.15) is 6.04 Å². The van der Waals surface area contributed by atoms with Gasteiger partial charge in [0.15, 0.2) is 11.5 Å². The van der Waals surface area contributed by atoms with Crippen LogP contribution in [0.1, 0.15) is 37.8 Å². The van der Waals surface area contributed by atoms with Gasteiger partial charge < -0.3 is 24.1 Å². The molecule has 1 amide bonds. The Bertz CT molecular complexity index is 1010. The van der Waals surface area contributed by atoms with Crippen molar-refractivity contribution in [3.05, 3.63) is 53.9 Å². The first-order valence-electron chi connectivity index (χ1n) is 10.4. The number of carbonyl (C=O) groups excluding carboxylic acids is 1. The summed E-state index contributed by atoms with van der Waals surface area (Å²) in [7, 11) is 4.63. The van der Waals surface area contributed by atoms with Gasteiger partial charge in [0.05, 0.1) is 21.3 Å². The van der Waals surface area contributed by atoms with E-state index < -0.39 is 6.04 Å². The Balaban J connectivity index is 1.93. The first kappa shape index (κ1) is 23.1. The van der Waals surface area contributed by atoms with Crippen LogP contribution in [0.4, 0.5) is 0 Å². The fourth-order valence-corrected chi connectivity index (χ4v) is 3.38. The fourth-order valence-electron chi connectivity index (χ4n) is 3.38. The normalized spacial score (nSPS) is 11.8. The van der Waals surface area contributed by atoms with Gasteiger partial charge >= 0.3 is 0 Å². The Morgan fingerprint density at radius 3 is 2.25 bits per heavy atom. The summed E-state index contributed by atoms with van der Waals surface area (Å²) in [5.74, 6) is 2.31. The highest BCUT2D eigenvalue weighted by molar-refractivity contribution is 5.76. The number of rotatable bonds is 10. The molecule has 0 radical (unpaired) electrons. The Hall–Kier alpha value is -3.55. The molecule has 1 atom stereocenters. The number of amides is 1. The van der Waals surface area contributed by atoms with Crippen molar-refractivity contribution in [1.29, 1.82) is 0 Å². The average Bonchev–Trinajstić information content (AvgIpc) is 3.28. The number of carbonyl (C=O) groups is 1. The standard InChI is InChI=1S/C24H29N3O5/c1-15(2)11-21(28)25-18(12-16-9-7-6-8-10-16)24-26-23(27-32-24)17-13-19(29-3)22(31-5)20(14-17)30-4/h6-10,13-15,18H,11-12H2,1-5H3,(H,25,28)/t18-/m1/s1. The lowest BCUT2D eigenvalue weighted by Gasteiger charge is -2.16. The number of aromatic nitrogens is 2. The van der Waals surface area contributed by atoms with Crippen molar-refractivity contribution in [2.45, 2.75) is 32.7 Å². The van der Waals surface area contributed by atoms with Crippen molar-refractivity contribution in [3.8, 4) is 28.6 Å². The maximum absolute atomic E-state index is 12.5. The molecule has 3 aromatic rings. The number of hydrogen-bond donors (Lipinski definition) is 1. The van der Waals surface area contributed by atoms with Crippen LogP contribution in [0.15, 0.2) is 47.0 Å². The number of nitrogens with zero attached hydrogens (tertiary/aromatic N) is 2. The van der Waals surface area contributed by atoms with Crippen molar-refractivity contribution < 1.29 is 23.5 Å². The van der Waals surface area contributed by atoms with Gasteiger partial charge in [0, 0.05) is 18.4 Å². The quantitative estimate of drug-likeness (QED) is 0.505. The number of methoxy groups -OCH3 is 3. The van der Waals surface area contributed by atoms with E-state index in [1.165, 1.54) is 0 Å². The molecule has 8 heteroatoms. The lowest BCUT2D eigenvalue weighted by atomic mass is 10.0. The Kier molecular flexibility index (Phi) is 7.70. The summed E-state index contributed by atoms with van der Waals surface area (Å²) in [6.45, 7) is 4.00. The molecule has 170 valence electrons. The van der Waals surface area contributed by atoms with Gasteiger partial charge in [-0.25, -0.2) is 0 Å². The van der Waals surface area contributed by atoms with Gasteiger partial charge in [-0.2, -0.15) is 4.98 Å². The summed E-state index contributed by atoms with van der Waals surface area (Å²) < 4.78 is 21.8. The summed E-state index contributed by atoms with van der Waals surface area (Å²) in [5.41, 5.74) is 1.69. The minimum atomic E-state index is -0.452. The zero-order valence-corrected chi connectivity index (χ0v) is 19.0. The number of ether oxygens (including phenoxy) is 3. The number of benzene rings is 2. The van der Waals surface area contributed by atoms with E-state index in [0.29, 0.717) is 47.4 Å². The van der Waals surface area contributed by atoms with E-state index in [-0.39, 0.29) is 11.8 Å². The predicted octanol–water partition coefficient (Wildman–Crippen LogP) is 4.21. The first-order valence-corrected chi connectivity index (χ1v) is 10.4. The fraction of sp³-hybridized carbons (Fsp3) is 0.375. The Morgan fingerprint density at radius 2 is 1.69 bits per heavy atom. The molecule has 8 nitrogen and oxygen atoms in total. The molecule has 1 aromatic heterocycles. The van der Waals surface area contributed by atoms with E-state index in [1.807, 2.05) is 44.2 Å². The third kappa shape index (κ3) is 5.57. The highest BCUT2D eigenvalue weighted by Gasteiger charge is 2.24. The summed E-state index contributed by atoms with van der Waals surface area (Å²) in [5, 5.41) is 7.17. The molecule has 0 aliphatic rings. The molecule has 0 spiro atoms. The molecule has 0 aliphatic heterocycles. The minimum absolute atomic E-state index is 0.0616. The van der Waals surface area contributed by atoms with E-state index in [9.17, 15) is 4.79 Å². The van der Waals surface area contributed by atoms with Crippen molar-refractivity contribution in [2.75, 3.05) is 21.3 Å². The van der Waals surface area contributed by atoms with Crippen LogP contribution in [-0.2, 0) is 11.2 Å². The van der Waals surface area contributed by atoms with Crippen LogP contribution in [-0.4, -0.2) is 37.4 Å². The average molecular weight is 440 g/mol. The SMILES string of the molecule is COc1cc(-c2noc([C@@H](Cc3ccccc3)NC(=O)CC(C)C)n2)cc(OC)c1OC. The van der Waals surface area contributed by atoms with Crippen molar-refractivity contribution >= 4 is 5.91 Å². The second-order valence-corrected chi connectivity index (χ2v) is 7.78. The van der Waals surface area contributed by atoms with Crippen molar-refractivity contribution in [3.63, 3.8) is 0 Å². The molecular formula is C24H29N3O5. The highest BCUT2D eigenvalue weighted by atomic mass is 16.5. The molecule has 0 aliphatic carbocycles. The molecule has 2 aromatic carbocycles. The van der Waals surface area contributed by atoms with Gasteiger partial charge in [-0.05, 0) is 23.6 Å². The molecule has 0 fully saturated rings. The lowest BCUT2D eigenvalue weighted by Crippen LogP contribution is -2.31. The van der Waals surface area contributed by atoms with Gasteiger partial charge in [0.25, 0.3) is 0 Å². The molecular weight excluding hydrogens is 410 g/mol. The van der Waals surface area contributed by atoms with E-state index in [0.717, 1.165) is 5.56 Å². The lowest BCUT2D eigenvalue weighted by molar-refractivity contribution is -0.122. The predicted molar refractivity (Wildman–Crippen MR) is 120 cm³/mol. The minimum Gasteiger partial charge on any atom is -0.493 e. The molecule has 32 heavy (non-hydrogen) atoms. The van der Waals surface area contributed by atoms with Crippen LogP contribution in [0.5, 0.6) is 17.2 Å². The number of nitrogens with one attached hydrogen (secondary N) is 1. The third-order valence-corrected chi connectivity index (χ3v) is 4.87. The third-order valence-electron chi connectivity index (χ3n) is 4.87. The summed E-state index contributed by atoms with van der Waals surface area (Å²) in [4.78, 5) is 17.1. The molecule has 3 rings (SSSR count). The summed E-state index contributed by atoms with van der Waals surface area (Å²) in [6, 6.07) is 12.9. The van der Waals surface area contributed by atoms with Gasteiger partial charge in [0.2, 0.25) is 23.4 Å². The molecule has 0 saturated heterocycles. The second-order valence-electron chi connectivity index (χ2n) is 7.78. The van der Waals surface area contributed by atoms with Crippen molar-refractivity contribution in [2.24, 2.45) is 5.92 Å². The molecule has 0 bridgehead atoms. The molecule has 1 heterocycles. The van der Waals surface area contributed by atoms with Crippen LogP contribution in [0, 0.1) is 5.92 Å². The van der Waals surface area contributed by atoms with Crippen LogP contribution >= 0.6 is 0 Å². The molecule has 1 N–H and O–H groups in total. The monoisotopic (exact) mass is 439 g/mol. The molecule has 0 saturated carbocycles. The number of hydrogen-bond acceptors (Lipinski definition) is 7. The van der Waals surface area contributed by atoms with E-state index >= 15 is 0 Å². The first-order chi connectivity index (χ1) is 15.4. The zero-order chi connectivity index (χ0) is 23.1. The largest absolute Gasteiger partial charge is 0.493 e. The van der Waals surface area contributed by atoms with Gasteiger partial charge in [-0.15, -0.1) is 0 Å². The van der Waals surface area contributed by atoms with E-state index in [1.54, 1.807) is 33.5 Å². The zero-order valence-electron chi connectivity index (χ0n) is 19.0. The molecule has 0 unspecified atom stereocenters. The van der Waals surface area contributed by atoms with Crippen LogP contribution in [0.3, 0.4) is 0 Å². The second kappa shape index (κ2) is 10.7. The maximum Gasteiger partial charge on any atom is 0.249 e.